The number of amides is 1. The largest absolute Gasteiger partial charge is 0.497 e. The van der Waals surface area contributed by atoms with Crippen molar-refractivity contribution in [2.75, 3.05) is 19.5 Å². The van der Waals surface area contributed by atoms with Crippen molar-refractivity contribution in [3.05, 3.63) is 23.9 Å². The SMILES string of the molecule is COC(=O)c1c(NC(C)=O)c2cc(OC)ccc2n1C. The van der Waals surface area contributed by atoms with Crippen LogP contribution in [0.2, 0.25) is 0 Å². The minimum atomic E-state index is -0.508. The fourth-order valence-corrected chi connectivity index (χ4v) is 2.19. The average Bonchev–Trinajstić information content (AvgIpc) is 2.70. The van der Waals surface area contributed by atoms with Gasteiger partial charge in [0.1, 0.15) is 5.75 Å². The number of hydrogen-bond donors (Lipinski definition) is 1. The van der Waals surface area contributed by atoms with Gasteiger partial charge in [-0.15, -0.1) is 0 Å². The van der Waals surface area contributed by atoms with Gasteiger partial charge in [-0.05, 0) is 18.2 Å². The Hall–Kier alpha value is -2.50. The zero-order valence-electron chi connectivity index (χ0n) is 11.8. The quantitative estimate of drug-likeness (QED) is 0.870. The first-order valence-corrected chi connectivity index (χ1v) is 6.02. The highest BCUT2D eigenvalue weighted by atomic mass is 16.5. The third-order valence-electron chi connectivity index (χ3n) is 3.09. The second-order valence-electron chi connectivity index (χ2n) is 4.34. The summed E-state index contributed by atoms with van der Waals surface area (Å²) in [7, 11) is 4.61. The number of rotatable bonds is 3. The molecule has 0 aliphatic carbocycles. The van der Waals surface area contributed by atoms with Gasteiger partial charge in [-0.2, -0.15) is 0 Å². The number of esters is 1. The van der Waals surface area contributed by atoms with E-state index in [0.29, 0.717) is 17.1 Å². The van der Waals surface area contributed by atoms with Gasteiger partial charge < -0.3 is 19.4 Å². The topological polar surface area (TPSA) is 69.6 Å². The van der Waals surface area contributed by atoms with Gasteiger partial charge in [-0.25, -0.2) is 4.79 Å². The van der Waals surface area contributed by atoms with Gasteiger partial charge in [0.25, 0.3) is 0 Å². The Kier molecular flexibility index (Phi) is 3.65. The summed E-state index contributed by atoms with van der Waals surface area (Å²) in [6.07, 6.45) is 0. The molecule has 106 valence electrons. The lowest BCUT2D eigenvalue weighted by Crippen LogP contribution is -2.13. The van der Waals surface area contributed by atoms with Crippen molar-refractivity contribution in [1.82, 2.24) is 4.57 Å². The van der Waals surface area contributed by atoms with E-state index >= 15 is 0 Å². The van der Waals surface area contributed by atoms with Crippen LogP contribution in [0.3, 0.4) is 0 Å². The highest BCUT2D eigenvalue weighted by Crippen LogP contribution is 2.33. The number of fused-ring (bicyclic) bond motifs is 1. The van der Waals surface area contributed by atoms with Crippen LogP contribution in [0.1, 0.15) is 17.4 Å². The first kappa shape index (κ1) is 13.9. The standard InChI is InChI=1S/C14H16N2O4/c1-8(17)15-12-10-7-9(19-3)5-6-11(10)16(2)13(12)14(18)20-4/h5-7H,1-4H3,(H,15,17). The molecule has 1 N–H and O–H groups in total. The molecule has 2 aromatic rings. The lowest BCUT2D eigenvalue weighted by atomic mass is 10.2. The third-order valence-corrected chi connectivity index (χ3v) is 3.09. The number of carbonyl (C=O) groups excluding carboxylic acids is 2. The molecule has 6 nitrogen and oxygen atoms in total. The molecule has 0 saturated heterocycles. The molecule has 0 bridgehead atoms. The van der Waals surface area contributed by atoms with Gasteiger partial charge in [0.05, 0.1) is 25.4 Å². The third kappa shape index (κ3) is 2.20. The normalized spacial score (nSPS) is 10.4. The van der Waals surface area contributed by atoms with E-state index in [1.165, 1.54) is 14.0 Å². The molecular weight excluding hydrogens is 260 g/mol. The summed E-state index contributed by atoms with van der Waals surface area (Å²) >= 11 is 0. The number of nitrogens with zero attached hydrogens (tertiary/aromatic N) is 1. The molecule has 1 heterocycles. The predicted molar refractivity (Wildman–Crippen MR) is 75.1 cm³/mol. The number of aromatic nitrogens is 1. The first-order chi connectivity index (χ1) is 9.49. The number of methoxy groups -OCH3 is 2. The summed E-state index contributed by atoms with van der Waals surface area (Å²) < 4.78 is 11.6. The van der Waals surface area contributed by atoms with Crippen LogP contribution in [0.4, 0.5) is 5.69 Å². The zero-order valence-corrected chi connectivity index (χ0v) is 11.8. The highest BCUT2D eigenvalue weighted by Gasteiger charge is 2.22. The molecule has 2 rings (SSSR count). The molecule has 1 aromatic carbocycles. The summed E-state index contributed by atoms with van der Waals surface area (Å²) in [6, 6.07) is 5.39. The summed E-state index contributed by atoms with van der Waals surface area (Å²) in [5.74, 6) is -0.122. The lowest BCUT2D eigenvalue weighted by Gasteiger charge is -2.05. The van der Waals surface area contributed by atoms with Gasteiger partial charge in [-0.1, -0.05) is 0 Å². The fourth-order valence-electron chi connectivity index (χ4n) is 2.19. The van der Waals surface area contributed by atoms with Crippen molar-refractivity contribution < 1.29 is 19.1 Å². The van der Waals surface area contributed by atoms with Crippen LogP contribution < -0.4 is 10.1 Å². The Labute approximate surface area is 116 Å². The van der Waals surface area contributed by atoms with Gasteiger partial charge in [0.15, 0.2) is 5.69 Å². The first-order valence-electron chi connectivity index (χ1n) is 6.02. The van der Waals surface area contributed by atoms with Crippen LogP contribution in [0.5, 0.6) is 5.75 Å². The van der Waals surface area contributed by atoms with Crippen LogP contribution >= 0.6 is 0 Å². The highest BCUT2D eigenvalue weighted by molar-refractivity contribution is 6.11. The summed E-state index contributed by atoms with van der Waals surface area (Å²) in [6.45, 7) is 1.39. The second kappa shape index (κ2) is 5.24. The van der Waals surface area contributed by atoms with E-state index < -0.39 is 5.97 Å². The molecule has 0 unspecified atom stereocenters. The smallest absolute Gasteiger partial charge is 0.356 e. The van der Waals surface area contributed by atoms with Gasteiger partial charge in [0, 0.05) is 19.4 Å². The number of carbonyl (C=O) groups is 2. The number of benzene rings is 1. The average molecular weight is 276 g/mol. The Morgan fingerprint density at radius 3 is 2.50 bits per heavy atom. The van der Waals surface area contributed by atoms with Crippen LogP contribution in [-0.4, -0.2) is 30.7 Å². The van der Waals surface area contributed by atoms with E-state index in [1.807, 2.05) is 6.07 Å². The molecule has 0 aliphatic rings. The minimum absolute atomic E-state index is 0.259. The van der Waals surface area contributed by atoms with Crippen LogP contribution in [-0.2, 0) is 16.6 Å². The lowest BCUT2D eigenvalue weighted by molar-refractivity contribution is -0.114. The van der Waals surface area contributed by atoms with Gasteiger partial charge >= 0.3 is 5.97 Å². The van der Waals surface area contributed by atoms with Crippen LogP contribution in [0.15, 0.2) is 18.2 Å². The van der Waals surface area contributed by atoms with E-state index in [-0.39, 0.29) is 5.91 Å². The van der Waals surface area contributed by atoms with Gasteiger partial charge in [-0.3, -0.25) is 4.79 Å². The molecule has 1 amide bonds. The van der Waals surface area contributed by atoms with E-state index in [2.05, 4.69) is 5.32 Å². The zero-order chi connectivity index (χ0) is 14.9. The van der Waals surface area contributed by atoms with Crippen molar-refractivity contribution in [1.29, 1.82) is 0 Å². The molecule has 0 fully saturated rings. The summed E-state index contributed by atoms with van der Waals surface area (Å²) in [5, 5.41) is 3.41. The summed E-state index contributed by atoms with van der Waals surface area (Å²) in [5.41, 5.74) is 1.53. The van der Waals surface area contributed by atoms with Crippen molar-refractivity contribution in [2.45, 2.75) is 6.92 Å². The maximum Gasteiger partial charge on any atom is 0.356 e. The number of aryl methyl sites for hydroxylation is 1. The molecular formula is C14H16N2O4. The number of nitrogens with one attached hydrogen (secondary N) is 1. The molecule has 0 aliphatic heterocycles. The predicted octanol–water partition coefficient (Wildman–Crippen LogP) is 1.93. The van der Waals surface area contributed by atoms with Crippen molar-refractivity contribution in [2.24, 2.45) is 7.05 Å². The van der Waals surface area contributed by atoms with E-state index in [0.717, 1.165) is 10.9 Å². The van der Waals surface area contributed by atoms with E-state index in [1.54, 1.807) is 30.9 Å². The molecule has 0 saturated carbocycles. The minimum Gasteiger partial charge on any atom is -0.497 e. The Morgan fingerprint density at radius 1 is 1.25 bits per heavy atom. The maximum atomic E-state index is 11.9. The molecule has 0 spiro atoms. The Balaban J connectivity index is 2.78. The van der Waals surface area contributed by atoms with Crippen molar-refractivity contribution in [3.8, 4) is 5.75 Å². The van der Waals surface area contributed by atoms with Crippen molar-refractivity contribution in [3.63, 3.8) is 0 Å². The van der Waals surface area contributed by atoms with E-state index in [9.17, 15) is 9.59 Å². The monoisotopic (exact) mass is 276 g/mol. The Bertz CT molecular complexity index is 688. The molecule has 6 heteroatoms. The molecule has 0 radical (unpaired) electrons. The van der Waals surface area contributed by atoms with Crippen LogP contribution in [0.25, 0.3) is 10.9 Å². The van der Waals surface area contributed by atoms with Gasteiger partial charge in [0.2, 0.25) is 5.91 Å². The maximum absolute atomic E-state index is 11.9. The number of anilines is 1. The number of ether oxygens (including phenoxy) is 2. The van der Waals surface area contributed by atoms with Crippen molar-refractivity contribution >= 4 is 28.5 Å². The molecule has 0 atom stereocenters. The molecule has 1 aromatic heterocycles. The molecule has 20 heavy (non-hydrogen) atoms. The Morgan fingerprint density at radius 2 is 1.95 bits per heavy atom. The van der Waals surface area contributed by atoms with E-state index in [4.69, 9.17) is 9.47 Å². The second-order valence-corrected chi connectivity index (χ2v) is 4.34. The fraction of sp³-hybridized carbons (Fsp3) is 0.286. The van der Waals surface area contributed by atoms with Crippen LogP contribution in [0, 0.1) is 0 Å². The summed E-state index contributed by atoms with van der Waals surface area (Å²) in [4.78, 5) is 23.3. The number of hydrogen-bond acceptors (Lipinski definition) is 4.